The second-order valence-electron chi connectivity index (χ2n) is 10.3. The van der Waals surface area contributed by atoms with Crippen LogP contribution in [0.5, 0.6) is 5.75 Å². The number of carbonyl (C=O) groups excluding carboxylic acids is 1. The van der Waals surface area contributed by atoms with Crippen LogP contribution < -0.4 is 9.88 Å². The van der Waals surface area contributed by atoms with Crippen molar-refractivity contribution in [3.63, 3.8) is 0 Å². The number of nitrogens with two attached hydrogens (primary N) is 1. The average Bonchev–Trinajstić information content (AvgIpc) is 3.24. The van der Waals surface area contributed by atoms with Gasteiger partial charge in [0.05, 0.1) is 18.0 Å². The highest BCUT2D eigenvalue weighted by molar-refractivity contribution is 7.89. The Labute approximate surface area is 225 Å². The quantitative estimate of drug-likeness (QED) is 0.363. The summed E-state index contributed by atoms with van der Waals surface area (Å²) in [5.41, 5.74) is 2.88. The number of primary sulfonamides is 1. The number of nitrogens with zero attached hydrogens (tertiary/aromatic N) is 1. The maximum absolute atomic E-state index is 12.4. The van der Waals surface area contributed by atoms with Crippen LogP contribution in [0.2, 0.25) is 0 Å². The molecule has 0 radical (unpaired) electrons. The second kappa shape index (κ2) is 12.5. The van der Waals surface area contributed by atoms with Gasteiger partial charge in [0.2, 0.25) is 15.8 Å². The molecular formula is C28H38N2O7S. The molecule has 2 aromatic carbocycles. The fourth-order valence-electron chi connectivity index (χ4n) is 4.62. The van der Waals surface area contributed by atoms with E-state index in [9.17, 15) is 13.2 Å². The van der Waals surface area contributed by atoms with E-state index in [0.717, 1.165) is 61.0 Å². The standard InChI is InChI=1S/C28H38N2O7S/c1-28(2)35-20-23-18-22(12-13-25(23)37-28)26-19-30(27(31)36-26)14-5-3-6-15-34-16-7-4-9-21-10-8-11-24(17-21)38(29,32)33/h8,10-13,17-18,26H,3-7,9,14-16,19-20H2,1-2H3,(H2,29,32,33). The predicted molar refractivity (Wildman–Crippen MR) is 142 cm³/mol. The number of carbonyl (C=O) groups is 1. The lowest BCUT2D eigenvalue weighted by atomic mass is 10.0. The highest BCUT2D eigenvalue weighted by Crippen LogP contribution is 2.35. The Hall–Kier alpha value is -2.66. The molecule has 0 aromatic heterocycles. The third-order valence-electron chi connectivity index (χ3n) is 6.72. The molecule has 38 heavy (non-hydrogen) atoms. The lowest BCUT2D eigenvalue weighted by Gasteiger charge is -2.32. The van der Waals surface area contributed by atoms with E-state index in [1.807, 2.05) is 38.1 Å². The number of cyclic esters (lactones) is 1. The van der Waals surface area contributed by atoms with E-state index in [2.05, 4.69) is 0 Å². The molecule has 10 heteroatoms. The van der Waals surface area contributed by atoms with Crippen LogP contribution in [0, 0.1) is 0 Å². The minimum Gasteiger partial charge on any atom is -0.463 e. The molecule has 1 fully saturated rings. The zero-order valence-corrected chi connectivity index (χ0v) is 23.0. The smallest absolute Gasteiger partial charge is 0.410 e. The minimum atomic E-state index is -3.67. The Kier molecular flexibility index (Phi) is 9.30. The first kappa shape index (κ1) is 28.4. The summed E-state index contributed by atoms with van der Waals surface area (Å²) < 4.78 is 45.8. The molecule has 0 bridgehead atoms. The summed E-state index contributed by atoms with van der Waals surface area (Å²) in [4.78, 5) is 14.3. The van der Waals surface area contributed by atoms with Crippen LogP contribution in [0.3, 0.4) is 0 Å². The number of hydrogen-bond donors (Lipinski definition) is 1. The van der Waals surface area contributed by atoms with Gasteiger partial charge in [0.1, 0.15) is 11.9 Å². The van der Waals surface area contributed by atoms with Gasteiger partial charge in [-0.25, -0.2) is 18.4 Å². The summed E-state index contributed by atoms with van der Waals surface area (Å²) in [6.45, 7) is 6.80. The monoisotopic (exact) mass is 546 g/mol. The summed E-state index contributed by atoms with van der Waals surface area (Å²) in [6, 6.07) is 12.7. The number of hydrogen-bond acceptors (Lipinski definition) is 7. The lowest BCUT2D eigenvalue weighted by molar-refractivity contribution is -0.180. The lowest BCUT2D eigenvalue weighted by Crippen LogP contribution is -2.35. The number of aryl methyl sites for hydroxylation is 1. The van der Waals surface area contributed by atoms with Gasteiger partial charge in [-0.1, -0.05) is 18.2 Å². The van der Waals surface area contributed by atoms with Gasteiger partial charge in [0.15, 0.2) is 0 Å². The predicted octanol–water partition coefficient (Wildman–Crippen LogP) is 4.68. The van der Waals surface area contributed by atoms with Gasteiger partial charge in [0, 0.05) is 39.2 Å². The van der Waals surface area contributed by atoms with Crippen molar-refractivity contribution in [3.8, 4) is 5.75 Å². The zero-order valence-electron chi connectivity index (χ0n) is 22.2. The number of amides is 1. The number of fused-ring (bicyclic) bond motifs is 1. The van der Waals surface area contributed by atoms with Crippen LogP contribution in [0.25, 0.3) is 0 Å². The van der Waals surface area contributed by atoms with Crippen LogP contribution in [-0.4, -0.2) is 51.5 Å². The van der Waals surface area contributed by atoms with E-state index < -0.39 is 15.8 Å². The minimum absolute atomic E-state index is 0.150. The van der Waals surface area contributed by atoms with Crippen molar-refractivity contribution in [3.05, 3.63) is 59.2 Å². The summed E-state index contributed by atoms with van der Waals surface area (Å²) in [6.07, 6.45) is 4.84. The molecule has 9 nitrogen and oxygen atoms in total. The number of benzene rings is 2. The van der Waals surface area contributed by atoms with Crippen molar-refractivity contribution in [2.24, 2.45) is 5.14 Å². The topological polar surface area (TPSA) is 117 Å². The first-order chi connectivity index (χ1) is 18.1. The van der Waals surface area contributed by atoms with Crippen LogP contribution in [0.15, 0.2) is 47.4 Å². The molecular weight excluding hydrogens is 508 g/mol. The van der Waals surface area contributed by atoms with E-state index in [4.69, 9.17) is 24.1 Å². The molecule has 2 aliphatic heterocycles. The van der Waals surface area contributed by atoms with Crippen molar-refractivity contribution in [2.45, 2.75) is 75.8 Å². The molecule has 1 amide bonds. The molecule has 1 unspecified atom stereocenters. The van der Waals surface area contributed by atoms with Crippen LogP contribution >= 0.6 is 0 Å². The van der Waals surface area contributed by atoms with E-state index in [-0.39, 0.29) is 17.1 Å². The Morgan fingerprint density at radius 1 is 1.05 bits per heavy atom. The molecule has 4 rings (SSSR count). The van der Waals surface area contributed by atoms with Gasteiger partial charge < -0.3 is 23.8 Å². The Balaban J connectivity index is 1.07. The third kappa shape index (κ3) is 7.92. The number of rotatable bonds is 13. The molecule has 0 saturated carbocycles. The number of ether oxygens (including phenoxy) is 4. The normalized spacial score (nSPS) is 18.7. The Morgan fingerprint density at radius 2 is 1.84 bits per heavy atom. The molecule has 2 N–H and O–H groups in total. The zero-order chi connectivity index (χ0) is 27.2. The summed E-state index contributed by atoms with van der Waals surface area (Å²) in [7, 11) is -3.67. The van der Waals surface area contributed by atoms with Crippen molar-refractivity contribution in [1.29, 1.82) is 0 Å². The van der Waals surface area contributed by atoms with Gasteiger partial charge in [-0.05, 0) is 73.9 Å². The highest BCUT2D eigenvalue weighted by Gasteiger charge is 2.33. The molecule has 0 aliphatic carbocycles. The molecule has 2 aromatic rings. The van der Waals surface area contributed by atoms with Gasteiger partial charge in [-0.15, -0.1) is 0 Å². The fraction of sp³-hybridized carbons (Fsp3) is 0.536. The molecule has 1 saturated heterocycles. The fourth-order valence-corrected chi connectivity index (χ4v) is 5.20. The van der Waals surface area contributed by atoms with E-state index in [1.54, 1.807) is 17.0 Å². The first-order valence-corrected chi connectivity index (χ1v) is 14.8. The van der Waals surface area contributed by atoms with Crippen LogP contribution in [0.4, 0.5) is 4.79 Å². The van der Waals surface area contributed by atoms with Crippen molar-refractivity contribution < 1.29 is 32.2 Å². The molecule has 2 aliphatic rings. The summed E-state index contributed by atoms with van der Waals surface area (Å²) in [5.74, 6) is 0.173. The highest BCUT2D eigenvalue weighted by atomic mass is 32.2. The van der Waals surface area contributed by atoms with Crippen molar-refractivity contribution in [1.82, 2.24) is 4.90 Å². The van der Waals surface area contributed by atoms with Gasteiger partial charge in [-0.2, -0.15) is 0 Å². The molecule has 2 heterocycles. The third-order valence-corrected chi connectivity index (χ3v) is 7.63. The van der Waals surface area contributed by atoms with Crippen molar-refractivity contribution >= 4 is 16.1 Å². The van der Waals surface area contributed by atoms with Gasteiger partial charge >= 0.3 is 6.09 Å². The second-order valence-corrected chi connectivity index (χ2v) is 11.9. The van der Waals surface area contributed by atoms with Gasteiger partial charge in [-0.3, -0.25) is 0 Å². The van der Waals surface area contributed by atoms with E-state index >= 15 is 0 Å². The van der Waals surface area contributed by atoms with Crippen molar-refractivity contribution in [2.75, 3.05) is 26.3 Å². The largest absolute Gasteiger partial charge is 0.463 e. The first-order valence-electron chi connectivity index (χ1n) is 13.2. The summed E-state index contributed by atoms with van der Waals surface area (Å²) >= 11 is 0. The SMILES string of the molecule is CC1(C)OCc2cc(C3CN(CCCCCOCCCCc4cccc(S(N)(=O)=O)c4)C(=O)O3)ccc2O1. The molecule has 0 spiro atoms. The van der Waals surface area contributed by atoms with Crippen LogP contribution in [-0.2, 0) is 37.3 Å². The maximum Gasteiger partial charge on any atom is 0.410 e. The van der Waals surface area contributed by atoms with Gasteiger partial charge in [0.25, 0.3) is 0 Å². The average molecular weight is 547 g/mol. The van der Waals surface area contributed by atoms with E-state index in [0.29, 0.717) is 32.9 Å². The van der Waals surface area contributed by atoms with Crippen LogP contribution in [0.1, 0.15) is 68.7 Å². The number of sulfonamides is 1. The number of unbranched alkanes of at least 4 members (excludes halogenated alkanes) is 3. The Bertz CT molecular complexity index is 1220. The van der Waals surface area contributed by atoms with E-state index in [1.165, 1.54) is 6.07 Å². The maximum atomic E-state index is 12.4. The molecule has 1 atom stereocenters. The Morgan fingerprint density at radius 3 is 2.63 bits per heavy atom. The summed E-state index contributed by atoms with van der Waals surface area (Å²) in [5, 5.41) is 5.19. The molecule has 208 valence electrons.